The Balaban J connectivity index is 0.000000339. The molecule has 170 valence electrons. The summed E-state index contributed by atoms with van der Waals surface area (Å²) >= 11 is 0. The van der Waals surface area contributed by atoms with Crippen molar-refractivity contribution in [3.05, 3.63) is 41.7 Å². The van der Waals surface area contributed by atoms with Crippen molar-refractivity contribution in [1.29, 1.82) is 0 Å². The van der Waals surface area contributed by atoms with E-state index < -0.39 is 12.1 Å². The lowest BCUT2D eigenvalue weighted by molar-refractivity contribution is -0.192. The van der Waals surface area contributed by atoms with Crippen molar-refractivity contribution in [2.45, 2.75) is 45.1 Å². The number of carboxylic acid groups (broad SMARTS) is 1. The van der Waals surface area contributed by atoms with E-state index in [0.29, 0.717) is 6.54 Å². The quantitative estimate of drug-likeness (QED) is 0.792. The summed E-state index contributed by atoms with van der Waals surface area (Å²) in [6.45, 7) is 5.65. The summed E-state index contributed by atoms with van der Waals surface area (Å²) in [5.41, 5.74) is 3.11. The summed E-state index contributed by atoms with van der Waals surface area (Å²) in [5, 5.41) is 7.12. The number of halogens is 3. The maximum absolute atomic E-state index is 12.9. The maximum Gasteiger partial charge on any atom is 0.490 e. The van der Waals surface area contributed by atoms with Gasteiger partial charge in [-0.25, -0.2) is 9.78 Å². The van der Waals surface area contributed by atoms with Crippen molar-refractivity contribution in [1.82, 2.24) is 23.9 Å². The number of alkyl halides is 3. The first kappa shape index (κ1) is 22.9. The molecule has 11 heteroatoms. The Bertz CT molecular complexity index is 916. The summed E-state index contributed by atoms with van der Waals surface area (Å²) in [6.07, 6.45) is 2.34. The van der Waals surface area contributed by atoms with Crippen LogP contribution in [0.15, 0.2) is 24.7 Å². The molecule has 0 unspecified atom stereocenters. The highest BCUT2D eigenvalue weighted by Gasteiger charge is 2.38. The van der Waals surface area contributed by atoms with Gasteiger partial charge < -0.3 is 19.1 Å². The van der Waals surface area contributed by atoms with Gasteiger partial charge in [0, 0.05) is 32.9 Å². The van der Waals surface area contributed by atoms with Crippen LogP contribution in [0.25, 0.3) is 0 Å². The van der Waals surface area contributed by atoms with Gasteiger partial charge in [0.2, 0.25) is 0 Å². The number of rotatable bonds is 3. The minimum atomic E-state index is -5.08. The third-order valence-electron chi connectivity index (χ3n) is 5.47. The number of carbonyl (C=O) groups is 2. The monoisotopic (exact) mass is 441 g/mol. The number of carbonyl (C=O) groups excluding carboxylic acids is 1. The van der Waals surface area contributed by atoms with E-state index in [9.17, 15) is 18.0 Å². The molecule has 2 aromatic rings. The number of aromatic nitrogens is 3. The molecule has 2 aliphatic heterocycles. The summed E-state index contributed by atoms with van der Waals surface area (Å²) < 4.78 is 35.9. The zero-order valence-electron chi connectivity index (χ0n) is 17.3. The van der Waals surface area contributed by atoms with Gasteiger partial charge in [0.05, 0.1) is 24.3 Å². The molecule has 2 aromatic heterocycles. The van der Waals surface area contributed by atoms with Crippen LogP contribution in [0.1, 0.15) is 41.1 Å². The number of imidazole rings is 1. The predicted octanol–water partition coefficient (Wildman–Crippen LogP) is 2.50. The Labute approximate surface area is 177 Å². The van der Waals surface area contributed by atoms with Crippen LogP contribution in [0, 0.1) is 0 Å². The molecule has 0 aliphatic carbocycles. The first-order valence-corrected chi connectivity index (χ1v) is 10.1. The highest BCUT2D eigenvalue weighted by atomic mass is 19.4. The van der Waals surface area contributed by atoms with Gasteiger partial charge in [-0.2, -0.15) is 13.2 Å². The number of aliphatic carboxylic acids is 1. The summed E-state index contributed by atoms with van der Waals surface area (Å²) in [4.78, 5) is 30.9. The number of amides is 1. The Morgan fingerprint density at radius 1 is 1.13 bits per heavy atom. The number of hydrogen-bond donors (Lipinski definition) is 1. The van der Waals surface area contributed by atoms with Gasteiger partial charge in [-0.05, 0) is 44.5 Å². The average molecular weight is 441 g/mol. The predicted molar refractivity (Wildman–Crippen MR) is 105 cm³/mol. The molecule has 0 atom stereocenters. The van der Waals surface area contributed by atoms with Crippen LogP contribution in [0.3, 0.4) is 0 Å². The molecule has 1 amide bonds. The molecule has 1 saturated heterocycles. The fraction of sp³-hybridized carbons (Fsp3) is 0.550. The summed E-state index contributed by atoms with van der Waals surface area (Å²) in [7, 11) is 1.92. The Kier molecular flexibility index (Phi) is 7.04. The van der Waals surface area contributed by atoms with Crippen LogP contribution in [-0.4, -0.2) is 66.7 Å². The SMILES string of the molecule is Cn1cccc1C(=O)N1CCCn2cnc(CN3CCCC3)c2C1.O=C(O)C(F)(F)F. The largest absolute Gasteiger partial charge is 0.490 e. The van der Waals surface area contributed by atoms with Crippen LogP contribution in [-0.2, 0) is 31.5 Å². The van der Waals surface area contributed by atoms with Gasteiger partial charge >= 0.3 is 12.1 Å². The second-order valence-corrected chi connectivity index (χ2v) is 7.70. The molecule has 0 spiro atoms. The molecular formula is C20H26F3N5O3. The van der Waals surface area contributed by atoms with Crippen LogP contribution in [0.5, 0.6) is 0 Å². The number of nitrogens with zero attached hydrogens (tertiary/aromatic N) is 5. The first-order chi connectivity index (χ1) is 14.7. The standard InChI is InChI=1S/C18H25N5O.C2HF3O2/c1-20-7-4-6-16(20)18(24)22-10-5-11-23-14-19-15(17(23)13-22)12-21-8-2-3-9-21;3-2(4,5)1(6)7/h4,6-7,14H,2-3,5,8-13H2,1H3;(H,6,7). The fourth-order valence-electron chi connectivity index (χ4n) is 3.82. The summed E-state index contributed by atoms with van der Waals surface area (Å²) in [6, 6.07) is 3.82. The second-order valence-electron chi connectivity index (χ2n) is 7.70. The smallest absolute Gasteiger partial charge is 0.475 e. The molecule has 0 bridgehead atoms. The van der Waals surface area contributed by atoms with Gasteiger partial charge in [0.15, 0.2) is 0 Å². The Morgan fingerprint density at radius 2 is 1.81 bits per heavy atom. The molecule has 31 heavy (non-hydrogen) atoms. The lowest BCUT2D eigenvalue weighted by Crippen LogP contribution is -2.32. The third kappa shape index (κ3) is 5.66. The second kappa shape index (κ2) is 9.54. The number of fused-ring (bicyclic) bond motifs is 1. The number of likely N-dealkylation sites (tertiary alicyclic amines) is 1. The van der Waals surface area contributed by atoms with E-state index in [-0.39, 0.29) is 5.91 Å². The fourth-order valence-corrected chi connectivity index (χ4v) is 3.82. The van der Waals surface area contributed by atoms with Gasteiger partial charge in [-0.15, -0.1) is 0 Å². The topological polar surface area (TPSA) is 83.6 Å². The highest BCUT2D eigenvalue weighted by Crippen LogP contribution is 2.21. The molecule has 0 aromatic carbocycles. The van der Waals surface area contributed by atoms with E-state index in [4.69, 9.17) is 9.90 Å². The lowest BCUT2D eigenvalue weighted by atomic mass is 10.2. The average Bonchev–Trinajstić information content (AvgIpc) is 3.41. The number of aryl methyl sites for hydroxylation is 2. The summed E-state index contributed by atoms with van der Waals surface area (Å²) in [5.74, 6) is -2.64. The minimum Gasteiger partial charge on any atom is -0.475 e. The van der Waals surface area contributed by atoms with Crippen LogP contribution < -0.4 is 0 Å². The minimum absolute atomic E-state index is 0.115. The van der Waals surface area contributed by atoms with Crippen molar-refractivity contribution in [2.24, 2.45) is 7.05 Å². The molecule has 4 rings (SSSR count). The molecule has 8 nitrogen and oxygen atoms in total. The van der Waals surface area contributed by atoms with Crippen molar-refractivity contribution >= 4 is 11.9 Å². The van der Waals surface area contributed by atoms with Crippen LogP contribution in [0.4, 0.5) is 13.2 Å². The van der Waals surface area contributed by atoms with Gasteiger partial charge in [-0.1, -0.05) is 0 Å². The Hall–Kier alpha value is -2.82. The Morgan fingerprint density at radius 3 is 2.39 bits per heavy atom. The van der Waals surface area contributed by atoms with E-state index in [1.165, 1.54) is 18.5 Å². The van der Waals surface area contributed by atoms with Gasteiger partial charge in [-0.3, -0.25) is 9.69 Å². The van der Waals surface area contributed by atoms with Gasteiger partial charge in [0.1, 0.15) is 5.69 Å². The lowest BCUT2D eigenvalue weighted by Gasteiger charge is -2.21. The maximum atomic E-state index is 12.9. The molecular weight excluding hydrogens is 415 g/mol. The zero-order chi connectivity index (χ0) is 22.6. The van der Waals surface area contributed by atoms with Crippen molar-refractivity contribution in [2.75, 3.05) is 19.6 Å². The van der Waals surface area contributed by atoms with Crippen molar-refractivity contribution in [3.63, 3.8) is 0 Å². The third-order valence-corrected chi connectivity index (χ3v) is 5.47. The van der Waals surface area contributed by atoms with Crippen LogP contribution >= 0.6 is 0 Å². The normalized spacial score (nSPS) is 17.0. The zero-order valence-corrected chi connectivity index (χ0v) is 17.3. The van der Waals surface area contributed by atoms with E-state index in [0.717, 1.165) is 50.5 Å². The highest BCUT2D eigenvalue weighted by molar-refractivity contribution is 5.92. The van der Waals surface area contributed by atoms with E-state index >= 15 is 0 Å². The van der Waals surface area contributed by atoms with Crippen LogP contribution in [0.2, 0.25) is 0 Å². The molecule has 0 radical (unpaired) electrons. The first-order valence-electron chi connectivity index (χ1n) is 10.1. The van der Waals surface area contributed by atoms with E-state index in [1.807, 2.05) is 41.2 Å². The molecule has 2 aliphatic rings. The van der Waals surface area contributed by atoms with Crippen molar-refractivity contribution < 1.29 is 27.9 Å². The number of hydrogen-bond acceptors (Lipinski definition) is 4. The van der Waals surface area contributed by atoms with E-state index in [2.05, 4.69) is 14.5 Å². The number of carboxylic acids is 1. The molecule has 1 N–H and O–H groups in total. The van der Waals surface area contributed by atoms with E-state index in [1.54, 1.807) is 0 Å². The van der Waals surface area contributed by atoms with Gasteiger partial charge in [0.25, 0.3) is 5.91 Å². The van der Waals surface area contributed by atoms with Crippen molar-refractivity contribution in [3.8, 4) is 0 Å². The molecule has 1 fully saturated rings. The molecule has 0 saturated carbocycles. The molecule has 4 heterocycles.